The monoisotopic (exact) mass is 460 g/mol. The Kier molecular flexibility index (Phi) is 8.18. The maximum atomic E-state index is 12.5. The van der Waals surface area contributed by atoms with Crippen LogP contribution in [0.5, 0.6) is 23.0 Å². The number of rotatable bonds is 10. The molecule has 0 aliphatic rings. The van der Waals surface area contributed by atoms with Gasteiger partial charge in [0, 0.05) is 23.5 Å². The molecule has 3 rings (SSSR count). The van der Waals surface area contributed by atoms with E-state index >= 15 is 0 Å². The smallest absolute Gasteiger partial charge is 0.203 e. The molecule has 0 saturated carbocycles. The number of para-hydroxylation sites is 1. The van der Waals surface area contributed by atoms with Crippen LogP contribution in [0.3, 0.4) is 0 Å². The second-order valence-electron chi connectivity index (χ2n) is 7.18. The average molecular weight is 461 g/mol. The van der Waals surface area contributed by atoms with Crippen molar-refractivity contribution in [3.63, 3.8) is 0 Å². The minimum atomic E-state index is -0.174. The van der Waals surface area contributed by atoms with Crippen molar-refractivity contribution in [3.05, 3.63) is 83.6 Å². The van der Waals surface area contributed by atoms with Gasteiger partial charge in [0.1, 0.15) is 5.75 Å². The zero-order chi connectivity index (χ0) is 24.5. The molecule has 34 heavy (non-hydrogen) atoms. The van der Waals surface area contributed by atoms with Crippen LogP contribution in [0.1, 0.15) is 21.5 Å². The van der Waals surface area contributed by atoms with Crippen LogP contribution in [0, 0.1) is 0 Å². The number of carbonyl (C=O) groups excluding carboxylic acids is 1. The van der Waals surface area contributed by atoms with Gasteiger partial charge in [0.2, 0.25) is 5.75 Å². The van der Waals surface area contributed by atoms with E-state index in [2.05, 4.69) is 5.32 Å². The quantitative estimate of drug-likeness (QED) is 0.184. The number of anilines is 2. The molecule has 0 radical (unpaired) electrons. The van der Waals surface area contributed by atoms with Crippen molar-refractivity contribution in [1.82, 2.24) is 0 Å². The van der Waals surface area contributed by atoms with Gasteiger partial charge in [0.25, 0.3) is 0 Å². The SMILES string of the molecule is COc1ccc(C(=O)C=CNc2ccccc2C=Cc2cc(OC)c(OC)c(OC)c2)cc1N. The van der Waals surface area contributed by atoms with Crippen molar-refractivity contribution in [2.24, 2.45) is 0 Å². The summed E-state index contributed by atoms with van der Waals surface area (Å²) in [5, 5.41) is 3.17. The Labute approximate surface area is 199 Å². The van der Waals surface area contributed by atoms with E-state index in [-0.39, 0.29) is 5.78 Å². The average Bonchev–Trinajstić information content (AvgIpc) is 2.87. The number of nitrogens with one attached hydrogen (secondary N) is 1. The molecule has 176 valence electrons. The summed E-state index contributed by atoms with van der Waals surface area (Å²) < 4.78 is 21.3. The Bertz CT molecular complexity index is 1190. The van der Waals surface area contributed by atoms with Gasteiger partial charge in [-0.2, -0.15) is 0 Å². The standard InChI is InChI=1S/C27H28N2O5/c1-31-24-12-11-20(17-21(24)28)23(30)13-14-29-22-8-6-5-7-19(22)10-9-18-15-25(32-2)27(34-4)26(16-18)33-3/h5-17,29H,28H2,1-4H3. The lowest BCUT2D eigenvalue weighted by molar-refractivity contribution is 0.104. The second-order valence-corrected chi connectivity index (χ2v) is 7.18. The Hall–Kier alpha value is -4.39. The fourth-order valence-corrected chi connectivity index (χ4v) is 3.35. The van der Waals surface area contributed by atoms with Crippen LogP contribution >= 0.6 is 0 Å². The van der Waals surface area contributed by atoms with Gasteiger partial charge in [-0.1, -0.05) is 30.4 Å². The Balaban J connectivity index is 1.77. The number of hydrogen-bond donors (Lipinski definition) is 2. The largest absolute Gasteiger partial charge is 0.495 e. The topological polar surface area (TPSA) is 92.0 Å². The van der Waals surface area contributed by atoms with Crippen molar-refractivity contribution in [2.75, 3.05) is 39.5 Å². The van der Waals surface area contributed by atoms with Crippen LogP contribution in [0.25, 0.3) is 12.2 Å². The van der Waals surface area contributed by atoms with Gasteiger partial charge in [-0.05, 0) is 47.5 Å². The summed E-state index contributed by atoms with van der Waals surface area (Å²) in [4.78, 5) is 12.5. The molecule has 0 aliphatic carbocycles. The highest BCUT2D eigenvalue weighted by Crippen LogP contribution is 2.38. The molecule has 0 heterocycles. The predicted molar refractivity (Wildman–Crippen MR) is 136 cm³/mol. The Morgan fingerprint density at radius 3 is 2.12 bits per heavy atom. The van der Waals surface area contributed by atoms with Gasteiger partial charge in [0.15, 0.2) is 17.3 Å². The van der Waals surface area contributed by atoms with E-state index < -0.39 is 0 Å². The fourth-order valence-electron chi connectivity index (χ4n) is 3.35. The Morgan fingerprint density at radius 2 is 1.50 bits per heavy atom. The molecule has 0 fully saturated rings. The molecule has 3 N–H and O–H groups in total. The van der Waals surface area contributed by atoms with E-state index in [4.69, 9.17) is 24.7 Å². The number of allylic oxidation sites excluding steroid dienone is 1. The highest BCUT2D eigenvalue weighted by Gasteiger charge is 2.12. The molecule has 0 unspecified atom stereocenters. The van der Waals surface area contributed by atoms with Crippen molar-refractivity contribution < 1.29 is 23.7 Å². The van der Waals surface area contributed by atoms with Gasteiger partial charge in [-0.3, -0.25) is 4.79 Å². The first kappa shape index (κ1) is 24.3. The molecule has 0 atom stereocenters. The van der Waals surface area contributed by atoms with Crippen molar-refractivity contribution in [2.45, 2.75) is 0 Å². The third-order valence-electron chi connectivity index (χ3n) is 5.09. The molecule has 0 spiro atoms. The minimum Gasteiger partial charge on any atom is -0.495 e. The second kappa shape index (κ2) is 11.5. The number of benzene rings is 3. The highest BCUT2D eigenvalue weighted by atomic mass is 16.5. The number of ketones is 1. The maximum Gasteiger partial charge on any atom is 0.203 e. The Morgan fingerprint density at radius 1 is 0.824 bits per heavy atom. The minimum absolute atomic E-state index is 0.174. The zero-order valence-electron chi connectivity index (χ0n) is 19.6. The van der Waals surface area contributed by atoms with Crippen LogP contribution in [0.15, 0.2) is 66.9 Å². The summed E-state index contributed by atoms with van der Waals surface area (Å²) in [7, 11) is 6.26. The number of nitrogen functional groups attached to an aromatic ring is 1. The lowest BCUT2D eigenvalue weighted by Gasteiger charge is -2.13. The van der Waals surface area contributed by atoms with Crippen molar-refractivity contribution >= 4 is 29.3 Å². The van der Waals surface area contributed by atoms with Gasteiger partial charge in [-0.25, -0.2) is 0 Å². The summed E-state index contributed by atoms with van der Waals surface area (Å²) in [5.74, 6) is 2.05. The number of hydrogen-bond acceptors (Lipinski definition) is 7. The third kappa shape index (κ3) is 5.69. The lowest BCUT2D eigenvalue weighted by Crippen LogP contribution is -2.00. The van der Waals surface area contributed by atoms with E-state index in [9.17, 15) is 4.79 Å². The first-order chi connectivity index (χ1) is 16.5. The van der Waals surface area contributed by atoms with Gasteiger partial charge < -0.3 is 30.0 Å². The van der Waals surface area contributed by atoms with Crippen LogP contribution in [-0.2, 0) is 0 Å². The first-order valence-electron chi connectivity index (χ1n) is 10.5. The normalized spacial score (nSPS) is 10.9. The maximum absolute atomic E-state index is 12.5. The van der Waals surface area contributed by atoms with Crippen LogP contribution in [0.2, 0.25) is 0 Å². The molecule has 7 nitrogen and oxygen atoms in total. The molecule has 0 bridgehead atoms. The molecule has 0 amide bonds. The van der Waals surface area contributed by atoms with E-state index in [1.54, 1.807) is 45.7 Å². The van der Waals surface area contributed by atoms with E-state index in [0.29, 0.717) is 34.2 Å². The molecule has 7 heteroatoms. The molecular weight excluding hydrogens is 432 g/mol. The predicted octanol–water partition coefficient (Wildman–Crippen LogP) is 5.28. The summed E-state index contributed by atoms with van der Waals surface area (Å²) in [5.41, 5.74) is 9.44. The highest BCUT2D eigenvalue weighted by molar-refractivity contribution is 6.05. The van der Waals surface area contributed by atoms with Gasteiger partial charge in [0.05, 0.1) is 34.1 Å². The molecule has 0 aliphatic heterocycles. The molecule has 0 aromatic heterocycles. The summed E-state index contributed by atoms with van der Waals surface area (Å²) in [6.07, 6.45) is 6.97. The van der Waals surface area contributed by atoms with E-state index in [0.717, 1.165) is 16.8 Å². The number of nitrogens with two attached hydrogens (primary N) is 1. The van der Waals surface area contributed by atoms with E-state index in [1.807, 2.05) is 48.6 Å². The van der Waals surface area contributed by atoms with Crippen molar-refractivity contribution in [3.8, 4) is 23.0 Å². The molecule has 3 aromatic carbocycles. The molecular formula is C27H28N2O5. The van der Waals surface area contributed by atoms with Crippen LogP contribution < -0.4 is 30.0 Å². The van der Waals surface area contributed by atoms with Crippen LogP contribution in [-0.4, -0.2) is 34.2 Å². The number of methoxy groups -OCH3 is 4. The molecule has 3 aromatic rings. The third-order valence-corrected chi connectivity index (χ3v) is 5.09. The molecule has 0 saturated heterocycles. The number of carbonyl (C=O) groups is 1. The van der Waals surface area contributed by atoms with Crippen LogP contribution in [0.4, 0.5) is 11.4 Å². The number of ether oxygens (including phenoxy) is 4. The first-order valence-corrected chi connectivity index (χ1v) is 10.5. The summed E-state index contributed by atoms with van der Waals surface area (Å²) in [6, 6.07) is 16.4. The van der Waals surface area contributed by atoms with Gasteiger partial charge >= 0.3 is 0 Å². The zero-order valence-corrected chi connectivity index (χ0v) is 19.6. The lowest BCUT2D eigenvalue weighted by atomic mass is 10.1. The summed E-state index contributed by atoms with van der Waals surface area (Å²) in [6.45, 7) is 0. The van der Waals surface area contributed by atoms with E-state index in [1.165, 1.54) is 13.2 Å². The van der Waals surface area contributed by atoms with Crippen molar-refractivity contribution in [1.29, 1.82) is 0 Å². The summed E-state index contributed by atoms with van der Waals surface area (Å²) >= 11 is 0. The fraction of sp³-hybridized carbons (Fsp3) is 0.148. The van der Waals surface area contributed by atoms with Gasteiger partial charge in [-0.15, -0.1) is 0 Å².